The maximum absolute atomic E-state index is 8.92. The third-order valence-electron chi connectivity index (χ3n) is 2.18. The van der Waals surface area contributed by atoms with Gasteiger partial charge >= 0.3 is 0 Å². The Morgan fingerprint density at radius 3 is 2.67 bits per heavy atom. The largest absolute Gasteiger partial charge is 0.252 e. The zero-order valence-electron chi connectivity index (χ0n) is 8.17. The van der Waals surface area contributed by atoms with E-state index in [1.807, 2.05) is 41.2 Å². The summed E-state index contributed by atoms with van der Waals surface area (Å²) in [5, 5.41) is 8.92. The predicted octanol–water partition coefficient (Wildman–Crippen LogP) is 1.29. The second kappa shape index (κ2) is 4.34. The maximum Gasteiger partial charge on any atom is 0.187 e. The van der Waals surface area contributed by atoms with Gasteiger partial charge < -0.3 is 0 Å². The number of nitriles is 1. The lowest BCUT2D eigenvalue weighted by atomic mass is 10.1. The molecule has 0 saturated heterocycles. The summed E-state index contributed by atoms with van der Waals surface area (Å²) in [5.74, 6) is 0. The van der Waals surface area contributed by atoms with Crippen LogP contribution in [0.4, 0.5) is 0 Å². The lowest BCUT2D eigenvalue weighted by molar-refractivity contribution is -0.688. The molecule has 0 amide bonds. The molecule has 72 valence electrons. The molecule has 0 aliphatic carbocycles. The summed E-state index contributed by atoms with van der Waals surface area (Å²) in [6.07, 6.45) is 7.23. The molecule has 0 unspecified atom stereocenters. The molecule has 0 aliphatic rings. The van der Waals surface area contributed by atoms with Crippen LogP contribution in [0.15, 0.2) is 49.1 Å². The van der Waals surface area contributed by atoms with Crippen LogP contribution in [0.5, 0.6) is 0 Å². The number of hydrogen-bond donors (Lipinski definition) is 0. The number of benzene rings is 1. The van der Waals surface area contributed by atoms with Crippen molar-refractivity contribution in [2.24, 2.45) is 0 Å². The van der Waals surface area contributed by atoms with Crippen LogP contribution in [0.1, 0.15) is 11.1 Å². The van der Waals surface area contributed by atoms with Gasteiger partial charge in [0.1, 0.15) is 0 Å². The zero-order valence-corrected chi connectivity index (χ0v) is 8.17. The molecule has 1 aromatic heterocycles. The maximum atomic E-state index is 8.92. The number of hydrogen-bond acceptors (Lipinski definition) is 2. The predicted molar refractivity (Wildman–Crippen MR) is 54.7 cm³/mol. The molecule has 1 heterocycles. The average molecular weight is 196 g/mol. The van der Waals surface area contributed by atoms with E-state index < -0.39 is 0 Å². The fourth-order valence-electron chi connectivity index (χ4n) is 1.42. The molecule has 0 radical (unpaired) electrons. The van der Waals surface area contributed by atoms with E-state index in [-0.39, 0.29) is 0 Å². The zero-order chi connectivity index (χ0) is 10.5. The Morgan fingerprint density at radius 2 is 1.93 bits per heavy atom. The van der Waals surface area contributed by atoms with Crippen molar-refractivity contribution in [2.75, 3.05) is 0 Å². The first-order chi connectivity index (χ1) is 7.40. The van der Waals surface area contributed by atoms with Crippen LogP contribution in [-0.2, 0) is 6.54 Å². The minimum Gasteiger partial charge on any atom is -0.252 e. The van der Waals surface area contributed by atoms with Gasteiger partial charge in [0, 0.05) is 5.56 Å². The molecule has 0 atom stereocenters. The van der Waals surface area contributed by atoms with Crippen molar-refractivity contribution in [3.05, 3.63) is 60.2 Å². The van der Waals surface area contributed by atoms with E-state index in [4.69, 9.17) is 5.26 Å². The first kappa shape index (κ1) is 9.35. The monoisotopic (exact) mass is 196 g/mol. The highest BCUT2D eigenvalue weighted by molar-refractivity contribution is 5.36. The van der Waals surface area contributed by atoms with Gasteiger partial charge in [-0.05, 0) is 6.07 Å². The second-order valence-electron chi connectivity index (χ2n) is 3.19. The van der Waals surface area contributed by atoms with Crippen LogP contribution in [0.2, 0.25) is 0 Å². The molecule has 0 spiro atoms. The van der Waals surface area contributed by atoms with Gasteiger partial charge in [-0.3, -0.25) is 4.98 Å². The molecular weight excluding hydrogens is 186 g/mol. The minimum atomic E-state index is 0.701. The van der Waals surface area contributed by atoms with Crippen molar-refractivity contribution < 1.29 is 4.57 Å². The van der Waals surface area contributed by atoms with Crippen LogP contribution < -0.4 is 4.57 Å². The lowest BCUT2D eigenvalue weighted by Gasteiger charge is -1.98. The average Bonchev–Trinajstić information content (AvgIpc) is 2.31. The molecule has 1 aromatic carbocycles. The fraction of sp³-hybridized carbons (Fsp3) is 0.0833. The first-order valence-electron chi connectivity index (χ1n) is 4.67. The molecule has 3 heteroatoms. The highest BCUT2D eigenvalue weighted by Crippen LogP contribution is 2.05. The van der Waals surface area contributed by atoms with Gasteiger partial charge in [0.15, 0.2) is 18.9 Å². The van der Waals surface area contributed by atoms with E-state index in [1.54, 1.807) is 12.4 Å². The topological polar surface area (TPSA) is 40.6 Å². The Balaban J connectivity index is 2.29. The second-order valence-corrected chi connectivity index (χ2v) is 3.19. The first-order valence-corrected chi connectivity index (χ1v) is 4.67. The van der Waals surface area contributed by atoms with Gasteiger partial charge in [0.25, 0.3) is 0 Å². The summed E-state index contributed by atoms with van der Waals surface area (Å²) in [5.41, 5.74) is 1.75. The Kier molecular flexibility index (Phi) is 2.70. The van der Waals surface area contributed by atoms with Gasteiger partial charge in [0.05, 0.1) is 24.0 Å². The van der Waals surface area contributed by atoms with Crippen molar-refractivity contribution in [2.45, 2.75) is 6.54 Å². The van der Waals surface area contributed by atoms with Crippen molar-refractivity contribution in [3.63, 3.8) is 0 Å². The molecule has 0 bridgehead atoms. The number of aromatic nitrogens is 2. The van der Waals surface area contributed by atoms with Crippen LogP contribution in [0, 0.1) is 11.3 Å². The highest BCUT2D eigenvalue weighted by Gasteiger charge is 2.05. The van der Waals surface area contributed by atoms with Gasteiger partial charge in [-0.2, -0.15) is 9.83 Å². The quantitative estimate of drug-likeness (QED) is 0.679. The summed E-state index contributed by atoms with van der Waals surface area (Å²) in [6, 6.07) is 9.80. The summed E-state index contributed by atoms with van der Waals surface area (Å²) < 4.78 is 1.99. The summed E-state index contributed by atoms with van der Waals surface area (Å²) in [6.45, 7) is 0.701. The molecule has 0 N–H and O–H groups in total. The van der Waals surface area contributed by atoms with Gasteiger partial charge in [-0.15, -0.1) is 0 Å². The van der Waals surface area contributed by atoms with Crippen molar-refractivity contribution >= 4 is 0 Å². The molecule has 2 aromatic rings. The van der Waals surface area contributed by atoms with E-state index in [0.717, 1.165) is 11.1 Å². The molecule has 3 nitrogen and oxygen atoms in total. The molecule has 0 aliphatic heterocycles. The Hall–Kier alpha value is -2.21. The Bertz CT molecular complexity index is 486. The summed E-state index contributed by atoms with van der Waals surface area (Å²) in [4.78, 5) is 3.94. The van der Waals surface area contributed by atoms with E-state index in [9.17, 15) is 0 Å². The highest BCUT2D eigenvalue weighted by atomic mass is 14.9. The molecular formula is C12H10N3+. The SMILES string of the molecule is N#Cc1ccccc1C[n+]1ccncc1. The van der Waals surface area contributed by atoms with Crippen LogP contribution in [-0.4, -0.2) is 4.98 Å². The summed E-state index contributed by atoms with van der Waals surface area (Å²) >= 11 is 0. The number of rotatable bonds is 2. The third-order valence-corrected chi connectivity index (χ3v) is 2.18. The molecule has 15 heavy (non-hydrogen) atoms. The van der Waals surface area contributed by atoms with Gasteiger partial charge in [-0.25, -0.2) is 0 Å². The molecule has 0 saturated carbocycles. The fourth-order valence-corrected chi connectivity index (χ4v) is 1.42. The Morgan fingerprint density at radius 1 is 1.20 bits per heavy atom. The molecule has 0 fully saturated rings. The van der Waals surface area contributed by atoms with Crippen LogP contribution in [0.3, 0.4) is 0 Å². The third kappa shape index (κ3) is 2.18. The lowest BCUT2D eigenvalue weighted by Crippen LogP contribution is -2.33. The van der Waals surface area contributed by atoms with Crippen LogP contribution in [0.25, 0.3) is 0 Å². The standard InChI is InChI=1S/C12H10N3/c13-9-11-3-1-2-4-12(11)10-15-7-5-14-6-8-15/h1-8H,10H2/q+1. The van der Waals surface area contributed by atoms with E-state index >= 15 is 0 Å². The van der Waals surface area contributed by atoms with Crippen LogP contribution >= 0.6 is 0 Å². The van der Waals surface area contributed by atoms with Crippen molar-refractivity contribution in [1.29, 1.82) is 5.26 Å². The van der Waals surface area contributed by atoms with E-state index in [0.29, 0.717) is 6.54 Å². The molecule has 2 rings (SSSR count). The van der Waals surface area contributed by atoms with Crippen molar-refractivity contribution in [3.8, 4) is 6.07 Å². The number of nitrogens with zero attached hydrogens (tertiary/aromatic N) is 3. The van der Waals surface area contributed by atoms with Crippen molar-refractivity contribution in [1.82, 2.24) is 4.98 Å². The van der Waals surface area contributed by atoms with Gasteiger partial charge in [-0.1, -0.05) is 18.2 Å². The normalized spacial score (nSPS) is 9.53. The smallest absolute Gasteiger partial charge is 0.187 e. The van der Waals surface area contributed by atoms with E-state index in [1.165, 1.54) is 0 Å². The van der Waals surface area contributed by atoms with Gasteiger partial charge in [0.2, 0.25) is 0 Å². The Labute approximate surface area is 88.3 Å². The van der Waals surface area contributed by atoms with E-state index in [2.05, 4.69) is 11.1 Å². The minimum absolute atomic E-state index is 0.701. The summed E-state index contributed by atoms with van der Waals surface area (Å²) in [7, 11) is 0.